The summed E-state index contributed by atoms with van der Waals surface area (Å²) in [6.07, 6.45) is 4.38. The van der Waals surface area contributed by atoms with E-state index in [0.717, 1.165) is 38.5 Å². The molecular formula is C10H12Cl2O2. The monoisotopic (exact) mass is 234 g/mol. The van der Waals surface area contributed by atoms with Gasteiger partial charge in [0.1, 0.15) is 0 Å². The first-order valence-corrected chi connectivity index (χ1v) is 5.66. The van der Waals surface area contributed by atoms with Crippen LogP contribution in [0.25, 0.3) is 0 Å². The first-order valence-electron chi connectivity index (χ1n) is 4.91. The van der Waals surface area contributed by atoms with E-state index >= 15 is 0 Å². The van der Waals surface area contributed by atoms with Gasteiger partial charge in [0.2, 0.25) is 10.5 Å². The van der Waals surface area contributed by atoms with Crippen LogP contribution in [0.15, 0.2) is 0 Å². The molecule has 0 N–H and O–H groups in total. The molecule has 2 bridgehead atoms. The minimum atomic E-state index is -0.338. The average Bonchev–Trinajstić information content (AvgIpc) is 2.20. The molecule has 4 heteroatoms. The van der Waals surface area contributed by atoms with Gasteiger partial charge in [-0.2, -0.15) is 0 Å². The normalized spacial score (nSPS) is 41.0. The second kappa shape index (κ2) is 3.21. The van der Waals surface area contributed by atoms with Crippen LogP contribution in [0.4, 0.5) is 0 Å². The minimum absolute atomic E-state index is 0.229. The van der Waals surface area contributed by atoms with Crippen molar-refractivity contribution in [2.24, 2.45) is 10.8 Å². The van der Waals surface area contributed by atoms with Gasteiger partial charge in [0.25, 0.3) is 0 Å². The highest BCUT2D eigenvalue weighted by molar-refractivity contribution is 6.65. The molecule has 0 heterocycles. The quantitative estimate of drug-likeness (QED) is 0.689. The summed E-state index contributed by atoms with van der Waals surface area (Å²) in [4.78, 5) is 22.6. The van der Waals surface area contributed by atoms with Gasteiger partial charge >= 0.3 is 0 Å². The molecule has 3 fully saturated rings. The Hall–Kier alpha value is -0.0800. The largest absolute Gasteiger partial charge is 0.281 e. The highest BCUT2D eigenvalue weighted by Crippen LogP contribution is 2.58. The summed E-state index contributed by atoms with van der Waals surface area (Å²) >= 11 is 11.2. The van der Waals surface area contributed by atoms with Crippen LogP contribution >= 0.6 is 23.2 Å². The van der Waals surface area contributed by atoms with Crippen LogP contribution in [0.1, 0.15) is 38.5 Å². The lowest BCUT2D eigenvalue weighted by molar-refractivity contribution is -0.138. The molecule has 3 aliphatic carbocycles. The molecule has 0 aromatic rings. The van der Waals surface area contributed by atoms with E-state index < -0.39 is 0 Å². The van der Waals surface area contributed by atoms with E-state index in [-0.39, 0.29) is 21.3 Å². The molecule has 14 heavy (non-hydrogen) atoms. The Morgan fingerprint density at radius 3 is 1.07 bits per heavy atom. The molecule has 2 nitrogen and oxygen atoms in total. The van der Waals surface area contributed by atoms with E-state index in [0.29, 0.717) is 0 Å². The highest BCUT2D eigenvalue weighted by Gasteiger charge is 2.54. The van der Waals surface area contributed by atoms with Crippen molar-refractivity contribution in [1.82, 2.24) is 0 Å². The standard InChI is InChI=1S/C10H12Cl2O2/c11-7(13)9-1-2-10(5-3-9,6-4-9)8(12)14/h1-6H2. The zero-order valence-corrected chi connectivity index (χ0v) is 9.33. The van der Waals surface area contributed by atoms with Gasteiger partial charge in [-0.15, -0.1) is 0 Å². The van der Waals surface area contributed by atoms with Gasteiger partial charge in [-0.1, -0.05) is 0 Å². The van der Waals surface area contributed by atoms with Gasteiger partial charge in [0.05, 0.1) is 0 Å². The molecule has 0 spiro atoms. The maximum atomic E-state index is 11.3. The molecule has 3 aliphatic rings. The van der Waals surface area contributed by atoms with Crippen molar-refractivity contribution in [3.8, 4) is 0 Å². The highest BCUT2D eigenvalue weighted by atomic mass is 35.5. The number of hydrogen-bond acceptors (Lipinski definition) is 2. The molecule has 0 atom stereocenters. The Kier molecular flexibility index (Phi) is 2.39. The Labute approximate surface area is 92.9 Å². The number of fused-ring (bicyclic) bond motifs is 3. The van der Waals surface area contributed by atoms with Crippen molar-refractivity contribution in [3.05, 3.63) is 0 Å². The number of halogens is 2. The lowest BCUT2D eigenvalue weighted by Crippen LogP contribution is -2.47. The molecule has 0 saturated heterocycles. The maximum Gasteiger partial charge on any atom is 0.227 e. The second-order valence-electron chi connectivity index (χ2n) is 4.61. The van der Waals surface area contributed by atoms with Gasteiger partial charge in [-0.05, 0) is 61.7 Å². The van der Waals surface area contributed by atoms with E-state index in [4.69, 9.17) is 23.2 Å². The average molecular weight is 235 g/mol. The molecule has 78 valence electrons. The van der Waals surface area contributed by atoms with E-state index in [1.54, 1.807) is 0 Å². The predicted octanol–water partition coefficient (Wildman–Crippen LogP) is 2.86. The third kappa shape index (κ3) is 1.31. The molecule has 0 radical (unpaired) electrons. The summed E-state index contributed by atoms with van der Waals surface area (Å²) < 4.78 is 0. The van der Waals surface area contributed by atoms with Gasteiger partial charge in [-0.25, -0.2) is 0 Å². The fourth-order valence-electron chi connectivity index (χ4n) is 2.78. The summed E-state index contributed by atoms with van der Waals surface area (Å²) in [6, 6.07) is 0. The zero-order chi connectivity index (χ0) is 10.4. The number of hydrogen-bond donors (Lipinski definition) is 0. The summed E-state index contributed by atoms with van der Waals surface area (Å²) in [5.74, 6) is 0. The third-order valence-electron chi connectivity index (χ3n) is 4.08. The van der Waals surface area contributed by atoms with E-state index in [2.05, 4.69) is 0 Å². The van der Waals surface area contributed by atoms with Crippen molar-refractivity contribution in [3.63, 3.8) is 0 Å². The fourth-order valence-corrected chi connectivity index (χ4v) is 3.34. The Morgan fingerprint density at radius 1 is 0.714 bits per heavy atom. The fraction of sp³-hybridized carbons (Fsp3) is 0.800. The maximum absolute atomic E-state index is 11.3. The first-order chi connectivity index (χ1) is 6.51. The van der Waals surface area contributed by atoms with E-state index in [1.807, 2.05) is 0 Å². The Morgan fingerprint density at radius 2 is 0.929 bits per heavy atom. The molecule has 3 rings (SSSR count). The zero-order valence-electron chi connectivity index (χ0n) is 7.82. The summed E-state index contributed by atoms with van der Waals surface area (Å²) in [5, 5.41) is -0.458. The molecule has 0 unspecified atom stereocenters. The third-order valence-corrected chi connectivity index (χ3v) is 4.88. The molecule has 0 aliphatic heterocycles. The Balaban J connectivity index is 2.21. The van der Waals surface area contributed by atoms with Crippen molar-refractivity contribution in [2.45, 2.75) is 38.5 Å². The van der Waals surface area contributed by atoms with Crippen molar-refractivity contribution in [1.29, 1.82) is 0 Å². The molecule has 0 amide bonds. The number of carbonyl (C=O) groups excluding carboxylic acids is 2. The lowest BCUT2D eigenvalue weighted by Gasteiger charge is -2.49. The van der Waals surface area contributed by atoms with Crippen LogP contribution in [0, 0.1) is 10.8 Å². The second-order valence-corrected chi connectivity index (χ2v) is 5.29. The topological polar surface area (TPSA) is 34.1 Å². The SMILES string of the molecule is O=C(Cl)C12CCC(C(=O)Cl)(CC1)CC2. The molecular weight excluding hydrogens is 223 g/mol. The van der Waals surface area contributed by atoms with E-state index in [9.17, 15) is 9.59 Å². The van der Waals surface area contributed by atoms with Crippen LogP contribution in [0.5, 0.6) is 0 Å². The molecule has 0 aromatic heterocycles. The first kappa shape index (κ1) is 10.4. The van der Waals surface area contributed by atoms with Crippen LogP contribution < -0.4 is 0 Å². The van der Waals surface area contributed by atoms with Crippen LogP contribution in [0.2, 0.25) is 0 Å². The number of carbonyl (C=O) groups is 2. The summed E-state index contributed by atoms with van der Waals surface area (Å²) in [7, 11) is 0. The van der Waals surface area contributed by atoms with Gasteiger partial charge in [0.15, 0.2) is 0 Å². The summed E-state index contributed by atoms with van der Waals surface area (Å²) in [5.41, 5.74) is -0.675. The van der Waals surface area contributed by atoms with Crippen LogP contribution in [-0.4, -0.2) is 10.5 Å². The van der Waals surface area contributed by atoms with Gasteiger partial charge < -0.3 is 0 Å². The molecule has 3 saturated carbocycles. The Bertz CT molecular complexity index is 244. The van der Waals surface area contributed by atoms with Crippen LogP contribution in [-0.2, 0) is 9.59 Å². The summed E-state index contributed by atoms with van der Waals surface area (Å²) in [6.45, 7) is 0. The van der Waals surface area contributed by atoms with Gasteiger partial charge in [-0.3, -0.25) is 9.59 Å². The predicted molar refractivity (Wildman–Crippen MR) is 54.3 cm³/mol. The van der Waals surface area contributed by atoms with Crippen molar-refractivity contribution >= 4 is 33.7 Å². The van der Waals surface area contributed by atoms with Gasteiger partial charge in [0, 0.05) is 10.8 Å². The van der Waals surface area contributed by atoms with Crippen molar-refractivity contribution in [2.75, 3.05) is 0 Å². The van der Waals surface area contributed by atoms with Crippen molar-refractivity contribution < 1.29 is 9.59 Å². The minimum Gasteiger partial charge on any atom is -0.281 e. The van der Waals surface area contributed by atoms with E-state index in [1.165, 1.54) is 0 Å². The smallest absolute Gasteiger partial charge is 0.227 e. The lowest BCUT2D eigenvalue weighted by atomic mass is 9.54. The molecule has 0 aromatic carbocycles. The van der Waals surface area contributed by atoms with Crippen LogP contribution in [0.3, 0.4) is 0 Å². The number of rotatable bonds is 2.